The zero-order valence-corrected chi connectivity index (χ0v) is 9.63. The number of carbonyl (C=O) groups is 1. The Bertz CT molecular complexity index is 461. The van der Waals surface area contributed by atoms with Gasteiger partial charge in [-0.3, -0.25) is 4.79 Å². The Labute approximate surface area is 99.3 Å². The van der Waals surface area contributed by atoms with E-state index >= 15 is 0 Å². The molecule has 0 radical (unpaired) electrons. The highest BCUT2D eigenvalue weighted by molar-refractivity contribution is 5.86. The van der Waals surface area contributed by atoms with Crippen LogP contribution in [0, 0.1) is 0 Å². The molecule has 0 aliphatic carbocycles. The zero-order chi connectivity index (χ0) is 12.3. The first-order chi connectivity index (χ1) is 8.16. The van der Waals surface area contributed by atoms with Gasteiger partial charge in [-0.05, 0) is 25.9 Å². The van der Waals surface area contributed by atoms with Gasteiger partial charge in [0.2, 0.25) is 0 Å². The number of likely N-dealkylation sites (tertiary alicyclic amines) is 1. The number of carboxylic acids is 1. The van der Waals surface area contributed by atoms with E-state index in [-0.39, 0.29) is 5.56 Å². The summed E-state index contributed by atoms with van der Waals surface area (Å²) in [6, 6.07) is 1.31. The topological polar surface area (TPSA) is 62.5 Å². The van der Waals surface area contributed by atoms with Crippen LogP contribution in [-0.2, 0) is 6.54 Å². The highest BCUT2D eigenvalue weighted by atomic mass is 16.4. The lowest BCUT2D eigenvalue weighted by atomic mass is 10.3. The molecule has 5 heteroatoms. The largest absolute Gasteiger partial charge is 0.477 e. The second kappa shape index (κ2) is 5.14. The average molecular weight is 236 g/mol. The Morgan fingerprint density at radius 2 is 2.00 bits per heavy atom. The van der Waals surface area contributed by atoms with Crippen LogP contribution in [0.2, 0.25) is 0 Å². The van der Waals surface area contributed by atoms with E-state index in [2.05, 4.69) is 4.90 Å². The summed E-state index contributed by atoms with van der Waals surface area (Å²) < 4.78 is 1.77. The van der Waals surface area contributed by atoms with Crippen LogP contribution in [0.1, 0.15) is 23.2 Å². The molecule has 0 saturated carbocycles. The van der Waals surface area contributed by atoms with Crippen LogP contribution in [0.4, 0.5) is 0 Å². The number of hydrogen-bond donors (Lipinski definition) is 1. The molecule has 0 aromatic carbocycles. The van der Waals surface area contributed by atoms with Crippen molar-refractivity contribution < 1.29 is 9.90 Å². The number of nitrogens with zero attached hydrogens (tertiary/aromatic N) is 2. The molecular weight excluding hydrogens is 220 g/mol. The van der Waals surface area contributed by atoms with Gasteiger partial charge in [-0.1, -0.05) is 0 Å². The maximum atomic E-state index is 11.3. The first kappa shape index (κ1) is 11.9. The summed E-state index contributed by atoms with van der Waals surface area (Å²) in [6.45, 7) is 3.86. The highest BCUT2D eigenvalue weighted by Gasteiger charge is 2.12. The summed E-state index contributed by atoms with van der Waals surface area (Å²) in [7, 11) is 0. The molecule has 5 nitrogen and oxygen atoms in total. The molecule has 17 heavy (non-hydrogen) atoms. The number of pyridine rings is 1. The van der Waals surface area contributed by atoms with Crippen LogP contribution >= 0.6 is 0 Å². The van der Waals surface area contributed by atoms with Crippen LogP contribution < -0.4 is 5.43 Å². The zero-order valence-electron chi connectivity index (χ0n) is 9.63. The number of hydrogen-bond acceptors (Lipinski definition) is 3. The number of rotatable bonds is 4. The van der Waals surface area contributed by atoms with Crippen molar-refractivity contribution in [3.63, 3.8) is 0 Å². The van der Waals surface area contributed by atoms with Gasteiger partial charge < -0.3 is 14.6 Å². The lowest BCUT2D eigenvalue weighted by Gasteiger charge is -2.15. The molecule has 0 atom stereocenters. The highest BCUT2D eigenvalue weighted by Crippen LogP contribution is 2.06. The first-order valence-electron chi connectivity index (χ1n) is 5.82. The van der Waals surface area contributed by atoms with E-state index in [9.17, 15) is 9.59 Å². The molecule has 92 valence electrons. The average Bonchev–Trinajstić information content (AvgIpc) is 2.80. The molecular formula is C12H16N2O3. The molecule has 0 unspecified atom stereocenters. The minimum atomic E-state index is -1.16. The standard InChI is InChI=1S/C12H16N2O3/c15-11-3-6-14(9-10(11)12(16)17)8-7-13-4-1-2-5-13/h3,6,9H,1-2,4-5,7-8H2,(H,16,17). The predicted octanol–water partition coefficient (Wildman–Crippen LogP) is 0.642. The van der Waals surface area contributed by atoms with Gasteiger partial charge in [0, 0.05) is 31.5 Å². The maximum Gasteiger partial charge on any atom is 0.341 e. The Hall–Kier alpha value is -1.62. The second-order valence-corrected chi connectivity index (χ2v) is 4.31. The van der Waals surface area contributed by atoms with Gasteiger partial charge >= 0.3 is 5.97 Å². The maximum absolute atomic E-state index is 11.3. The van der Waals surface area contributed by atoms with Crippen molar-refractivity contribution in [3.05, 3.63) is 34.2 Å². The third kappa shape index (κ3) is 2.94. The molecule has 1 fully saturated rings. The third-order valence-corrected chi connectivity index (χ3v) is 3.08. The van der Waals surface area contributed by atoms with Crippen LogP contribution in [0.15, 0.2) is 23.3 Å². The number of aromatic carboxylic acids is 1. The van der Waals surface area contributed by atoms with Crippen molar-refractivity contribution in [1.29, 1.82) is 0 Å². The normalized spacial score (nSPS) is 16.2. The van der Waals surface area contributed by atoms with Crippen molar-refractivity contribution in [1.82, 2.24) is 9.47 Å². The van der Waals surface area contributed by atoms with Crippen molar-refractivity contribution in [2.75, 3.05) is 19.6 Å². The van der Waals surface area contributed by atoms with Crippen molar-refractivity contribution in [3.8, 4) is 0 Å². The first-order valence-corrected chi connectivity index (χ1v) is 5.82. The van der Waals surface area contributed by atoms with Crippen LogP contribution in [-0.4, -0.2) is 40.2 Å². The minimum Gasteiger partial charge on any atom is -0.477 e. The summed E-state index contributed by atoms with van der Waals surface area (Å²) >= 11 is 0. The molecule has 0 bridgehead atoms. The summed E-state index contributed by atoms with van der Waals surface area (Å²) in [5.74, 6) is -1.16. The molecule has 1 saturated heterocycles. The molecule has 1 aromatic rings. The van der Waals surface area contributed by atoms with E-state index < -0.39 is 11.4 Å². The van der Waals surface area contributed by atoms with Crippen molar-refractivity contribution in [2.45, 2.75) is 19.4 Å². The van der Waals surface area contributed by atoms with Crippen molar-refractivity contribution >= 4 is 5.97 Å². The quantitative estimate of drug-likeness (QED) is 0.833. The molecule has 2 rings (SSSR count). The fourth-order valence-corrected chi connectivity index (χ4v) is 2.09. The van der Waals surface area contributed by atoms with E-state index in [0.29, 0.717) is 0 Å². The molecule has 2 heterocycles. The Morgan fingerprint density at radius 3 is 2.65 bits per heavy atom. The lowest BCUT2D eigenvalue weighted by Crippen LogP contribution is -2.25. The van der Waals surface area contributed by atoms with Crippen LogP contribution in [0.3, 0.4) is 0 Å². The van der Waals surface area contributed by atoms with E-state index in [1.807, 2.05) is 0 Å². The van der Waals surface area contributed by atoms with Gasteiger partial charge in [-0.15, -0.1) is 0 Å². The third-order valence-electron chi connectivity index (χ3n) is 3.08. The van der Waals surface area contributed by atoms with Crippen molar-refractivity contribution in [2.24, 2.45) is 0 Å². The molecule has 1 N–H and O–H groups in total. The number of aromatic nitrogens is 1. The van der Waals surface area contributed by atoms with E-state index in [1.165, 1.54) is 25.1 Å². The van der Waals surface area contributed by atoms with Gasteiger partial charge in [-0.2, -0.15) is 0 Å². The smallest absolute Gasteiger partial charge is 0.341 e. The SMILES string of the molecule is O=C(O)c1cn(CCN2CCCC2)ccc1=O. The van der Waals surface area contributed by atoms with E-state index in [1.54, 1.807) is 10.8 Å². The Morgan fingerprint density at radius 1 is 1.29 bits per heavy atom. The fraction of sp³-hybridized carbons (Fsp3) is 0.500. The second-order valence-electron chi connectivity index (χ2n) is 4.31. The van der Waals surface area contributed by atoms with Gasteiger partial charge in [0.15, 0.2) is 5.43 Å². The molecule has 1 aliphatic heterocycles. The summed E-state index contributed by atoms with van der Waals surface area (Å²) in [6.07, 6.45) is 5.54. The predicted molar refractivity (Wildman–Crippen MR) is 63.3 cm³/mol. The Kier molecular flexibility index (Phi) is 3.58. The summed E-state index contributed by atoms with van der Waals surface area (Å²) in [5.41, 5.74) is -0.594. The molecule has 1 aliphatic rings. The monoisotopic (exact) mass is 236 g/mol. The van der Waals surface area contributed by atoms with Crippen LogP contribution in [0.25, 0.3) is 0 Å². The number of carboxylic acid groups (broad SMARTS) is 1. The fourth-order valence-electron chi connectivity index (χ4n) is 2.09. The molecule has 0 spiro atoms. The summed E-state index contributed by atoms with van der Waals surface area (Å²) in [5, 5.41) is 8.85. The summed E-state index contributed by atoms with van der Waals surface area (Å²) in [4.78, 5) is 24.4. The lowest BCUT2D eigenvalue weighted by molar-refractivity contribution is 0.0694. The Balaban J connectivity index is 2.03. The molecule has 0 amide bonds. The van der Waals surface area contributed by atoms with E-state index in [4.69, 9.17) is 5.11 Å². The minimum absolute atomic E-state index is 0.158. The van der Waals surface area contributed by atoms with Gasteiger partial charge in [0.25, 0.3) is 0 Å². The van der Waals surface area contributed by atoms with Gasteiger partial charge in [0.1, 0.15) is 5.56 Å². The van der Waals surface area contributed by atoms with Gasteiger partial charge in [0.05, 0.1) is 0 Å². The van der Waals surface area contributed by atoms with E-state index in [0.717, 1.165) is 26.2 Å². The van der Waals surface area contributed by atoms with Crippen LogP contribution in [0.5, 0.6) is 0 Å². The molecule has 1 aromatic heterocycles. The van der Waals surface area contributed by atoms with Gasteiger partial charge in [-0.25, -0.2) is 4.79 Å².